The Labute approximate surface area is 180 Å². The van der Waals surface area contributed by atoms with Gasteiger partial charge in [-0.15, -0.1) is 0 Å². The summed E-state index contributed by atoms with van der Waals surface area (Å²) in [7, 11) is 0. The molecular weight excluding hydrogens is 432 g/mol. The van der Waals surface area contributed by atoms with Crippen LogP contribution in [0.1, 0.15) is 11.3 Å². The summed E-state index contributed by atoms with van der Waals surface area (Å²) in [5, 5.41) is 1.14. The Morgan fingerprint density at radius 2 is 2.03 bits per heavy atom. The Morgan fingerprint density at radius 3 is 2.79 bits per heavy atom. The first-order chi connectivity index (χ1) is 14.1. The van der Waals surface area contributed by atoms with Crippen molar-refractivity contribution in [3.8, 4) is 11.5 Å². The fourth-order valence-electron chi connectivity index (χ4n) is 3.14. The highest BCUT2D eigenvalue weighted by Crippen LogP contribution is 2.37. The summed E-state index contributed by atoms with van der Waals surface area (Å²) in [5.74, 6) is 1.80. The number of fused-ring (bicyclic) bond motifs is 2. The van der Waals surface area contributed by atoms with E-state index < -0.39 is 0 Å². The van der Waals surface area contributed by atoms with Crippen LogP contribution in [0.5, 0.6) is 11.5 Å². The highest BCUT2D eigenvalue weighted by molar-refractivity contribution is 8.26. The molecule has 0 aliphatic carbocycles. The number of benzene rings is 1. The standard InChI is InChI=1S/C20H13ClN2O4S2/c21-18-12(6-11-7-15-16(9-14(11)22-18)27-5-4-26-15)8-17-19(24)23(20(28)29-17)10-13-2-1-3-25-13/h1-3,6-9H,4-5,10H2. The van der Waals surface area contributed by atoms with Crippen LogP contribution in [0.15, 0.2) is 45.9 Å². The molecule has 1 saturated heterocycles. The van der Waals surface area contributed by atoms with Gasteiger partial charge in [0.15, 0.2) is 11.5 Å². The van der Waals surface area contributed by atoms with Crippen molar-refractivity contribution < 1.29 is 18.7 Å². The first kappa shape index (κ1) is 18.5. The first-order valence-electron chi connectivity index (χ1n) is 8.76. The molecule has 2 aromatic heterocycles. The van der Waals surface area contributed by atoms with Gasteiger partial charge in [0.1, 0.15) is 28.4 Å². The number of furan rings is 1. The predicted molar refractivity (Wildman–Crippen MR) is 115 cm³/mol. The third-order valence-electron chi connectivity index (χ3n) is 4.51. The van der Waals surface area contributed by atoms with Gasteiger partial charge in [0.05, 0.1) is 23.2 Å². The van der Waals surface area contributed by atoms with Gasteiger partial charge in [0.2, 0.25) is 0 Å². The van der Waals surface area contributed by atoms with E-state index in [9.17, 15) is 4.79 Å². The lowest BCUT2D eigenvalue weighted by Crippen LogP contribution is -2.27. The topological polar surface area (TPSA) is 64.8 Å². The number of ether oxygens (including phenoxy) is 2. The van der Waals surface area contributed by atoms with E-state index in [0.29, 0.717) is 62.5 Å². The zero-order chi connectivity index (χ0) is 20.0. The maximum Gasteiger partial charge on any atom is 0.266 e. The normalized spacial score (nSPS) is 17.6. The Kier molecular flexibility index (Phi) is 4.69. The quantitative estimate of drug-likeness (QED) is 0.331. The van der Waals surface area contributed by atoms with Crippen LogP contribution in [-0.4, -0.2) is 33.3 Å². The molecule has 0 N–H and O–H groups in total. The average Bonchev–Trinajstić information content (AvgIpc) is 3.31. The summed E-state index contributed by atoms with van der Waals surface area (Å²) < 4.78 is 17.0. The van der Waals surface area contributed by atoms with Crippen molar-refractivity contribution in [2.24, 2.45) is 0 Å². The van der Waals surface area contributed by atoms with Crippen LogP contribution in [0.4, 0.5) is 0 Å². The SMILES string of the molecule is O=C1C(=Cc2cc3cc4c(cc3nc2Cl)OCCO4)SC(=S)N1Cc1ccco1. The van der Waals surface area contributed by atoms with Crippen molar-refractivity contribution in [2.45, 2.75) is 6.54 Å². The molecule has 9 heteroatoms. The highest BCUT2D eigenvalue weighted by Gasteiger charge is 2.32. The summed E-state index contributed by atoms with van der Waals surface area (Å²) in [6, 6.07) is 9.13. The number of aromatic nitrogens is 1. The fraction of sp³-hybridized carbons (Fsp3) is 0.150. The minimum absolute atomic E-state index is 0.185. The maximum absolute atomic E-state index is 12.8. The second-order valence-corrected chi connectivity index (χ2v) is 8.44. The first-order valence-corrected chi connectivity index (χ1v) is 10.4. The Bertz CT molecular complexity index is 1180. The largest absolute Gasteiger partial charge is 0.486 e. The highest BCUT2D eigenvalue weighted by atomic mass is 35.5. The average molecular weight is 445 g/mol. The monoisotopic (exact) mass is 444 g/mol. The van der Waals surface area contributed by atoms with Crippen LogP contribution in [0.3, 0.4) is 0 Å². The predicted octanol–water partition coefficient (Wildman–Crippen LogP) is 4.65. The smallest absolute Gasteiger partial charge is 0.266 e. The molecule has 3 aromatic rings. The van der Waals surface area contributed by atoms with Crippen LogP contribution in [-0.2, 0) is 11.3 Å². The number of halogens is 1. The van der Waals surface area contributed by atoms with Gasteiger partial charge >= 0.3 is 0 Å². The zero-order valence-electron chi connectivity index (χ0n) is 14.9. The number of pyridine rings is 1. The second kappa shape index (κ2) is 7.37. The van der Waals surface area contributed by atoms with Crippen molar-refractivity contribution in [3.05, 3.63) is 58.0 Å². The van der Waals surface area contributed by atoms with Crippen molar-refractivity contribution in [3.63, 3.8) is 0 Å². The van der Waals surface area contributed by atoms with Crippen LogP contribution in [0.2, 0.25) is 5.15 Å². The van der Waals surface area contributed by atoms with Gasteiger partial charge in [0.25, 0.3) is 5.91 Å². The summed E-state index contributed by atoms with van der Waals surface area (Å²) in [4.78, 5) is 19.3. The third-order valence-corrected chi connectivity index (χ3v) is 6.19. The van der Waals surface area contributed by atoms with Crippen LogP contribution < -0.4 is 9.47 Å². The molecule has 2 aliphatic rings. The maximum atomic E-state index is 12.8. The van der Waals surface area contributed by atoms with E-state index in [4.69, 9.17) is 37.7 Å². The Balaban J connectivity index is 1.48. The lowest BCUT2D eigenvalue weighted by Gasteiger charge is -2.18. The van der Waals surface area contributed by atoms with Gasteiger partial charge < -0.3 is 13.9 Å². The van der Waals surface area contributed by atoms with Gasteiger partial charge in [-0.2, -0.15) is 0 Å². The van der Waals surface area contributed by atoms with E-state index in [0.717, 1.165) is 5.39 Å². The van der Waals surface area contributed by atoms with Crippen LogP contribution in [0.25, 0.3) is 17.0 Å². The molecule has 0 radical (unpaired) electrons. The Hall–Kier alpha value is -2.55. The van der Waals surface area contributed by atoms with E-state index in [1.165, 1.54) is 16.7 Å². The van der Waals surface area contributed by atoms with Crippen molar-refractivity contribution in [1.29, 1.82) is 0 Å². The molecule has 1 aromatic carbocycles. The molecule has 1 fully saturated rings. The molecule has 1 amide bonds. The summed E-state index contributed by atoms with van der Waals surface area (Å²) in [6.45, 7) is 1.30. The minimum Gasteiger partial charge on any atom is -0.486 e. The molecule has 4 heterocycles. The molecule has 0 spiro atoms. The van der Waals surface area contributed by atoms with E-state index in [1.807, 2.05) is 18.2 Å². The molecule has 0 saturated carbocycles. The van der Waals surface area contributed by atoms with Gasteiger partial charge in [-0.3, -0.25) is 9.69 Å². The van der Waals surface area contributed by atoms with Gasteiger partial charge in [-0.1, -0.05) is 35.6 Å². The minimum atomic E-state index is -0.185. The molecule has 6 nitrogen and oxygen atoms in total. The van der Waals surface area contributed by atoms with E-state index in [-0.39, 0.29) is 5.91 Å². The number of nitrogens with zero attached hydrogens (tertiary/aromatic N) is 2. The number of thiocarbonyl (C=S) groups is 1. The van der Waals surface area contributed by atoms with E-state index >= 15 is 0 Å². The summed E-state index contributed by atoms with van der Waals surface area (Å²) in [6.07, 6.45) is 3.28. The van der Waals surface area contributed by atoms with Gasteiger partial charge in [-0.05, 0) is 30.3 Å². The van der Waals surface area contributed by atoms with Crippen LogP contribution in [0, 0.1) is 0 Å². The molecule has 0 unspecified atom stereocenters. The van der Waals surface area contributed by atoms with Gasteiger partial charge in [-0.25, -0.2) is 4.98 Å². The number of carbonyl (C=O) groups excluding carboxylic acids is 1. The number of hydrogen-bond acceptors (Lipinski definition) is 7. The van der Waals surface area contributed by atoms with Crippen molar-refractivity contribution in [2.75, 3.05) is 13.2 Å². The molecule has 2 aliphatic heterocycles. The summed E-state index contributed by atoms with van der Waals surface area (Å²) in [5.41, 5.74) is 1.33. The number of hydrogen-bond donors (Lipinski definition) is 0. The molecular formula is C20H13ClN2O4S2. The number of amides is 1. The fourth-order valence-corrected chi connectivity index (χ4v) is 4.59. The van der Waals surface area contributed by atoms with Crippen molar-refractivity contribution in [1.82, 2.24) is 9.88 Å². The lowest BCUT2D eigenvalue weighted by atomic mass is 10.1. The van der Waals surface area contributed by atoms with Gasteiger partial charge in [0, 0.05) is 17.0 Å². The molecule has 0 atom stereocenters. The third kappa shape index (κ3) is 3.48. The number of carbonyl (C=O) groups is 1. The number of rotatable bonds is 3. The zero-order valence-corrected chi connectivity index (χ0v) is 17.3. The second-order valence-electron chi connectivity index (χ2n) is 6.40. The Morgan fingerprint density at radius 1 is 1.24 bits per heavy atom. The number of thioether (sulfide) groups is 1. The lowest BCUT2D eigenvalue weighted by molar-refractivity contribution is -0.122. The molecule has 5 rings (SSSR count). The van der Waals surface area contributed by atoms with E-state index in [2.05, 4.69) is 4.98 Å². The van der Waals surface area contributed by atoms with Crippen molar-refractivity contribution >= 4 is 62.8 Å². The molecule has 146 valence electrons. The molecule has 0 bridgehead atoms. The summed E-state index contributed by atoms with van der Waals surface area (Å²) >= 11 is 13.0. The molecule has 29 heavy (non-hydrogen) atoms. The van der Waals surface area contributed by atoms with E-state index in [1.54, 1.807) is 24.5 Å². The van der Waals surface area contributed by atoms with Crippen LogP contribution >= 0.6 is 35.6 Å².